The number of carbonyl (C=O) groups excluding carboxylic acids is 1. The number of amides is 1. The number of hydrogen-bond donors (Lipinski definition) is 2. The van der Waals surface area contributed by atoms with E-state index in [1.807, 2.05) is 0 Å². The van der Waals surface area contributed by atoms with Gasteiger partial charge in [0.1, 0.15) is 34.2 Å². The molecule has 0 saturated carbocycles. The number of halogens is 3. The second-order valence-electron chi connectivity index (χ2n) is 6.53. The van der Waals surface area contributed by atoms with Crippen LogP contribution < -0.4 is 15.6 Å². The van der Waals surface area contributed by atoms with Crippen molar-refractivity contribution in [3.63, 3.8) is 0 Å². The maximum absolute atomic E-state index is 14.0. The molecule has 0 aliphatic heterocycles. The van der Waals surface area contributed by atoms with Gasteiger partial charge in [0.05, 0.1) is 0 Å². The first-order valence-corrected chi connectivity index (χ1v) is 9.74. The molecule has 2 N–H and O–H groups in total. The average molecular weight is 478 g/mol. The van der Waals surface area contributed by atoms with Crippen LogP contribution in [0.1, 0.15) is 32.9 Å². The predicted molar refractivity (Wildman–Crippen MR) is 111 cm³/mol. The summed E-state index contributed by atoms with van der Waals surface area (Å²) in [5, 5.41) is 2.50. The van der Waals surface area contributed by atoms with Gasteiger partial charge in [-0.3, -0.25) is 14.6 Å². The van der Waals surface area contributed by atoms with E-state index in [1.54, 1.807) is 25.3 Å². The molecule has 0 bridgehead atoms. The minimum Gasteiger partial charge on any atom is -0.487 e. The molecule has 3 rings (SSSR count). The van der Waals surface area contributed by atoms with E-state index < -0.39 is 11.6 Å². The number of benzene rings is 1. The largest absolute Gasteiger partial charge is 0.487 e. The van der Waals surface area contributed by atoms with Crippen molar-refractivity contribution < 1.29 is 18.3 Å². The Bertz CT molecular complexity index is 1150. The van der Waals surface area contributed by atoms with Crippen molar-refractivity contribution in [1.82, 2.24) is 15.3 Å². The Balaban J connectivity index is 1.91. The molecule has 0 radical (unpaired) electrons. The molecule has 0 aliphatic rings. The van der Waals surface area contributed by atoms with Gasteiger partial charge in [-0.25, -0.2) is 8.78 Å². The minimum absolute atomic E-state index is 0.156. The molecule has 0 atom stereocenters. The third-order valence-electron chi connectivity index (χ3n) is 4.48. The van der Waals surface area contributed by atoms with Crippen LogP contribution in [0.5, 0.6) is 5.75 Å². The first-order valence-electron chi connectivity index (χ1n) is 8.95. The number of ether oxygens (including phenoxy) is 1. The second-order valence-corrected chi connectivity index (χ2v) is 7.33. The van der Waals surface area contributed by atoms with Gasteiger partial charge < -0.3 is 15.0 Å². The Morgan fingerprint density at radius 3 is 2.67 bits per heavy atom. The molecule has 2 aromatic heterocycles. The van der Waals surface area contributed by atoms with Crippen LogP contribution >= 0.6 is 15.9 Å². The SMILES string of the molecule is CNC(=O)c1ccc(Cc2c(C)[nH]c(=O)c(Br)c2OCc2ccc(F)cc2F)cn1. The molecule has 30 heavy (non-hydrogen) atoms. The monoisotopic (exact) mass is 477 g/mol. The summed E-state index contributed by atoms with van der Waals surface area (Å²) in [6.45, 7) is 1.54. The van der Waals surface area contributed by atoms with Gasteiger partial charge in [-0.2, -0.15) is 0 Å². The molecule has 0 spiro atoms. The minimum atomic E-state index is -0.733. The zero-order chi connectivity index (χ0) is 21.8. The molecule has 0 saturated heterocycles. The second kappa shape index (κ2) is 9.17. The number of rotatable bonds is 6. The third kappa shape index (κ3) is 4.73. The molecule has 3 aromatic rings. The van der Waals surface area contributed by atoms with E-state index in [9.17, 15) is 18.4 Å². The van der Waals surface area contributed by atoms with Crippen molar-refractivity contribution in [2.24, 2.45) is 0 Å². The maximum atomic E-state index is 14.0. The Hall–Kier alpha value is -3.07. The number of pyridine rings is 2. The molecule has 9 heteroatoms. The molecule has 156 valence electrons. The van der Waals surface area contributed by atoms with Crippen LogP contribution in [0.15, 0.2) is 45.8 Å². The summed E-state index contributed by atoms with van der Waals surface area (Å²) in [6.07, 6.45) is 1.91. The zero-order valence-electron chi connectivity index (χ0n) is 16.2. The topological polar surface area (TPSA) is 84.1 Å². The third-order valence-corrected chi connectivity index (χ3v) is 5.20. The van der Waals surface area contributed by atoms with Gasteiger partial charge in [-0.15, -0.1) is 0 Å². The standard InChI is InChI=1S/C21H18BrF2N3O3/c1-11-15(7-12-3-6-17(26-9-12)20(28)25-2)19(18(22)21(29)27-11)30-10-13-4-5-14(23)8-16(13)24/h3-6,8-9H,7,10H2,1-2H3,(H,25,28)(H,27,29). The van der Waals surface area contributed by atoms with Crippen LogP contribution in [0.4, 0.5) is 8.78 Å². The van der Waals surface area contributed by atoms with Gasteiger partial charge in [0.15, 0.2) is 0 Å². The number of aryl methyl sites for hydroxylation is 1. The molecule has 1 aromatic carbocycles. The van der Waals surface area contributed by atoms with Crippen molar-refractivity contribution in [2.45, 2.75) is 20.0 Å². The Morgan fingerprint density at radius 1 is 1.27 bits per heavy atom. The fraction of sp³-hybridized carbons (Fsp3) is 0.190. The highest BCUT2D eigenvalue weighted by Crippen LogP contribution is 2.30. The number of nitrogens with zero attached hydrogens (tertiary/aromatic N) is 1. The highest BCUT2D eigenvalue weighted by molar-refractivity contribution is 9.10. The Kier molecular flexibility index (Phi) is 6.61. The van der Waals surface area contributed by atoms with Gasteiger partial charge in [0, 0.05) is 42.6 Å². The molecular weight excluding hydrogens is 460 g/mol. The van der Waals surface area contributed by atoms with Gasteiger partial charge in [0.2, 0.25) is 0 Å². The fourth-order valence-electron chi connectivity index (χ4n) is 2.85. The van der Waals surface area contributed by atoms with Crippen LogP contribution in [0.25, 0.3) is 0 Å². The van der Waals surface area contributed by atoms with Crippen LogP contribution in [-0.4, -0.2) is 22.9 Å². The summed E-state index contributed by atoms with van der Waals surface area (Å²) >= 11 is 3.23. The number of H-pyrrole nitrogens is 1. The van der Waals surface area contributed by atoms with E-state index in [1.165, 1.54) is 13.1 Å². The fourth-order valence-corrected chi connectivity index (χ4v) is 3.31. The van der Waals surface area contributed by atoms with E-state index in [4.69, 9.17) is 4.74 Å². The van der Waals surface area contributed by atoms with E-state index in [2.05, 4.69) is 31.2 Å². The molecule has 0 fully saturated rings. The van der Waals surface area contributed by atoms with Gasteiger partial charge in [-0.1, -0.05) is 6.07 Å². The van der Waals surface area contributed by atoms with Crippen LogP contribution in [0, 0.1) is 18.6 Å². The highest BCUT2D eigenvalue weighted by atomic mass is 79.9. The van der Waals surface area contributed by atoms with Gasteiger partial charge >= 0.3 is 0 Å². The number of aromatic nitrogens is 2. The van der Waals surface area contributed by atoms with Crippen LogP contribution in [-0.2, 0) is 13.0 Å². The molecular formula is C21H18BrF2N3O3. The lowest BCUT2D eigenvalue weighted by atomic mass is 10.0. The number of carbonyl (C=O) groups is 1. The summed E-state index contributed by atoms with van der Waals surface area (Å²) in [6, 6.07) is 6.55. The molecule has 0 unspecified atom stereocenters. The Morgan fingerprint density at radius 2 is 2.03 bits per heavy atom. The summed E-state index contributed by atoms with van der Waals surface area (Å²) in [5.41, 5.74) is 2.07. The quantitative estimate of drug-likeness (QED) is 0.567. The molecule has 2 heterocycles. The lowest BCUT2D eigenvalue weighted by molar-refractivity contribution is 0.0958. The number of nitrogens with one attached hydrogen (secondary N) is 2. The van der Waals surface area contributed by atoms with Crippen molar-refractivity contribution in [3.05, 3.63) is 91.1 Å². The molecule has 1 amide bonds. The van der Waals surface area contributed by atoms with Gasteiger partial charge in [0.25, 0.3) is 11.5 Å². The zero-order valence-corrected chi connectivity index (χ0v) is 17.8. The lowest BCUT2D eigenvalue weighted by Gasteiger charge is -2.16. The van der Waals surface area contributed by atoms with E-state index in [0.717, 1.165) is 17.7 Å². The lowest BCUT2D eigenvalue weighted by Crippen LogP contribution is -2.19. The molecule has 6 nitrogen and oxygen atoms in total. The molecule has 0 aliphatic carbocycles. The van der Waals surface area contributed by atoms with Crippen molar-refractivity contribution in [1.29, 1.82) is 0 Å². The number of aromatic amines is 1. The average Bonchev–Trinajstić information content (AvgIpc) is 2.72. The van der Waals surface area contributed by atoms with Crippen molar-refractivity contribution >= 4 is 21.8 Å². The van der Waals surface area contributed by atoms with Crippen LogP contribution in [0.3, 0.4) is 0 Å². The van der Waals surface area contributed by atoms with E-state index >= 15 is 0 Å². The summed E-state index contributed by atoms with van der Waals surface area (Å²) in [4.78, 5) is 30.7. The summed E-state index contributed by atoms with van der Waals surface area (Å²) in [7, 11) is 1.52. The van der Waals surface area contributed by atoms with E-state index in [0.29, 0.717) is 17.7 Å². The van der Waals surface area contributed by atoms with Crippen molar-refractivity contribution in [3.8, 4) is 5.75 Å². The smallest absolute Gasteiger partial charge is 0.269 e. The van der Waals surface area contributed by atoms with Crippen LogP contribution in [0.2, 0.25) is 0 Å². The highest BCUT2D eigenvalue weighted by Gasteiger charge is 2.17. The van der Waals surface area contributed by atoms with E-state index in [-0.39, 0.29) is 39.6 Å². The Labute approximate surface area is 179 Å². The summed E-state index contributed by atoms with van der Waals surface area (Å²) < 4.78 is 33.0. The van der Waals surface area contributed by atoms with Crippen molar-refractivity contribution in [2.75, 3.05) is 7.05 Å². The predicted octanol–water partition coefficient (Wildman–Crippen LogP) is 3.65. The normalized spacial score (nSPS) is 10.7. The van der Waals surface area contributed by atoms with Gasteiger partial charge in [-0.05, 0) is 46.6 Å². The maximum Gasteiger partial charge on any atom is 0.269 e. The first kappa shape index (κ1) is 21.6. The number of hydrogen-bond acceptors (Lipinski definition) is 4. The first-order chi connectivity index (χ1) is 14.3. The summed E-state index contributed by atoms with van der Waals surface area (Å²) in [5.74, 6) is -1.45.